The van der Waals surface area contributed by atoms with Crippen LogP contribution in [0.4, 0.5) is 0 Å². The van der Waals surface area contributed by atoms with E-state index in [0.29, 0.717) is 18.3 Å². The molecule has 3 aliphatic rings. The van der Waals surface area contributed by atoms with Crippen LogP contribution in [0.5, 0.6) is 23.0 Å². The number of nitrogens with one attached hydrogen (secondary N) is 1. The summed E-state index contributed by atoms with van der Waals surface area (Å²) < 4.78 is 23.3. The number of fused-ring (bicyclic) bond motifs is 5. The van der Waals surface area contributed by atoms with E-state index in [4.69, 9.17) is 31.2 Å². The van der Waals surface area contributed by atoms with Crippen LogP contribution in [0.2, 0.25) is 0 Å². The quantitative estimate of drug-likeness (QED) is 0.788. The number of ether oxygens (including phenoxy) is 4. The number of hydrogen-bond acceptors (Lipinski definition) is 5. The van der Waals surface area contributed by atoms with Crippen molar-refractivity contribution in [3.63, 3.8) is 0 Å². The number of thiocarbonyl (C=S) groups is 1. The van der Waals surface area contributed by atoms with Crippen molar-refractivity contribution in [3.8, 4) is 23.0 Å². The molecule has 2 aromatic carbocycles. The van der Waals surface area contributed by atoms with Crippen LogP contribution in [0.3, 0.4) is 0 Å². The van der Waals surface area contributed by atoms with Gasteiger partial charge in [-0.1, -0.05) is 18.2 Å². The third-order valence-electron chi connectivity index (χ3n) is 5.48. The Labute approximate surface area is 169 Å². The standard InChI is InChI=1S/C21H22N2O4S/c1-3-24-17-6-4-5-14-15-10-21(2,27-19(14)17)23(20(28)22-15)11-13-7-8-16-18(9-13)26-12-25-16/h4-9,15H,3,10-12H2,1-2H3,(H,22,28). The van der Waals surface area contributed by atoms with E-state index in [-0.39, 0.29) is 12.8 Å². The molecule has 2 atom stereocenters. The summed E-state index contributed by atoms with van der Waals surface area (Å²) >= 11 is 5.71. The summed E-state index contributed by atoms with van der Waals surface area (Å²) in [6, 6.07) is 12.1. The minimum Gasteiger partial charge on any atom is -0.490 e. The lowest BCUT2D eigenvalue weighted by Crippen LogP contribution is -2.64. The monoisotopic (exact) mass is 398 g/mol. The molecule has 1 saturated heterocycles. The zero-order valence-electron chi connectivity index (χ0n) is 15.9. The maximum Gasteiger partial charge on any atom is 0.231 e. The fourth-order valence-corrected chi connectivity index (χ4v) is 4.53. The molecule has 0 amide bonds. The van der Waals surface area contributed by atoms with E-state index in [2.05, 4.69) is 23.2 Å². The van der Waals surface area contributed by atoms with Crippen LogP contribution >= 0.6 is 12.2 Å². The maximum absolute atomic E-state index is 6.54. The average molecular weight is 398 g/mol. The van der Waals surface area contributed by atoms with E-state index < -0.39 is 5.72 Å². The van der Waals surface area contributed by atoms with Gasteiger partial charge in [-0.3, -0.25) is 0 Å². The van der Waals surface area contributed by atoms with Crippen molar-refractivity contribution in [1.82, 2.24) is 10.2 Å². The number of rotatable bonds is 4. The van der Waals surface area contributed by atoms with Gasteiger partial charge in [-0.15, -0.1) is 0 Å². The maximum atomic E-state index is 6.54. The van der Waals surface area contributed by atoms with E-state index in [1.54, 1.807) is 0 Å². The second-order valence-electron chi connectivity index (χ2n) is 7.36. The van der Waals surface area contributed by atoms with Gasteiger partial charge in [0.2, 0.25) is 6.79 Å². The Hall–Kier alpha value is -2.67. The second-order valence-corrected chi connectivity index (χ2v) is 7.75. The van der Waals surface area contributed by atoms with Crippen LogP contribution in [-0.4, -0.2) is 29.1 Å². The molecule has 0 saturated carbocycles. The zero-order valence-corrected chi connectivity index (χ0v) is 16.7. The summed E-state index contributed by atoms with van der Waals surface area (Å²) in [4.78, 5) is 2.10. The summed E-state index contributed by atoms with van der Waals surface area (Å²) in [7, 11) is 0. The van der Waals surface area contributed by atoms with Crippen LogP contribution in [0.25, 0.3) is 0 Å². The van der Waals surface area contributed by atoms with Crippen molar-refractivity contribution in [2.75, 3.05) is 13.4 Å². The van der Waals surface area contributed by atoms with Crippen molar-refractivity contribution in [2.45, 2.75) is 38.6 Å². The Morgan fingerprint density at radius 2 is 2.11 bits per heavy atom. The molecule has 2 unspecified atom stereocenters. The predicted molar refractivity (Wildman–Crippen MR) is 108 cm³/mol. The van der Waals surface area contributed by atoms with Gasteiger partial charge in [-0.2, -0.15) is 0 Å². The minimum atomic E-state index is -0.566. The van der Waals surface area contributed by atoms with Crippen molar-refractivity contribution >= 4 is 17.3 Å². The molecule has 5 rings (SSSR count). The zero-order chi connectivity index (χ0) is 19.3. The van der Waals surface area contributed by atoms with Crippen LogP contribution < -0.4 is 24.3 Å². The third-order valence-corrected chi connectivity index (χ3v) is 5.82. The normalized spacial score (nSPS) is 24.3. The van der Waals surface area contributed by atoms with Crippen molar-refractivity contribution in [2.24, 2.45) is 0 Å². The Balaban J connectivity index is 1.48. The molecule has 0 radical (unpaired) electrons. The largest absolute Gasteiger partial charge is 0.490 e. The van der Waals surface area contributed by atoms with Gasteiger partial charge in [0.05, 0.1) is 12.6 Å². The third kappa shape index (κ3) is 2.73. The second kappa shape index (κ2) is 6.44. The molecular formula is C21H22N2O4S. The van der Waals surface area contributed by atoms with Gasteiger partial charge in [-0.25, -0.2) is 0 Å². The van der Waals surface area contributed by atoms with Gasteiger partial charge >= 0.3 is 0 Å². The molecule has 1 fully saturated rings. The smallest absolute Gasteiger partial charge is 0.231 e. The molecule has 0 aliphatic carbocycles. The van der Waals surface area contributed by atoms with E-state index in [0.717, 1.165) is 40.5 Å². The lowest BCUT2D eigenvalue weighted by molar-refractivity contribution is -0.0738. The number of benzene rings is 2. The van der Waals surface area contributed by atoms with Gasteiger partial charge in [0.1, 0.15) is 0 Å². The first-order valence-electron chi connectivity index (χ1n) is 9.49. The number of nitrogens with zero attached hydrogens (tertiary/aromatic N) is 1. The van der Waals surface area contributed by atoms with Crippen molar-refractivity contribution < 1.29 is 18.9 Å². The highest BCUT2D eigenvalue weighted by Crippen LogP contribution is 2.48. The fraction of sp³-hybridized carbons (Fsp3) is 0.381. The topological polar surface area (TPSA) is 52.2 Å². The first kappa shape index (κ1) is 17.4. The molecule has 6 nitrogen and oxygen atoms in total. The first-order valence-corrected chi connectivity index (χ1v) is 9.89. The van der Waals surface area contributed by atoms with Gasteiger partial charge in [0, 0.05) is 18.5 Å². The summed E-state index contributed by atoms with van der Waals surface area (Å²) in [6.45, 7) is 5.53. The lowest BCUT2D eigenvalue weighted by Gasteiger charge is -2.52. The Bertz CT molecular complexity index is 950. The van der Waals surface area contributed by atoms with E-state index >= 15 is 0 Å². The summed E-state index contributed by atoms with van der Waals surface area (Å²) in [5.74, 6) is 3.12. The fourth-order valence-electron chi connectivity index (χ4n) is 4.13. The highest BCUT2D eigenvalue weighted by Gasteiger charge is 2.48. The molecule has 2 bridgehead atoms. The van der Waals surface area contributed by atoms with Gasteiger partial charge in [-0.05, 0) is 49.8 Å². The SMILES string of the molecule is CCOc1cccc2c1OC1(C)CC2NC(=S)N1Cc1ccc2c(c1)OCO2. The van der Waals surface area contributed by atoms with Crippen LogP contribution in [0.1, 0.15) is 37.4 Å². The molecule has 3 aliphatic heterocycles. The Morgan fingerprint density at radius 1 is 1.25 bits per heavy atom. The molecule has 7 heteroatoms. The van der Waals surface area contributed by atoms with Gasteiger partial charge in [0.25, 0.3) is 0 Å². The van der Waals surface area contributed by atoms with E-state index in [1.807, 2.05) is 37.3 Å². The molecule has 3 heterocycles. The summed E-state index contributed by atoms with van der Waals surface area (Å²) in [5.41, 5.74) is 1.61. The highest BCUT2D eigenvalue weighted by atomic mass is 32.1. The molecule has 0 spiro atoms. The molecule has 2 aromatic rings. The average Bonchev–Trinajstić information content (AvgIpc) is 3.14. The molecule has 28 heavy (non-hydrogen) atoms. The van der Waals surface area contributed by atoms with Crippen LogP contribution in [0.15, 0.2) is 36.4 Å². The summed E-state index contributed by atoms with van der Waals surface area (Å²) in [5, 5.41) is 4.17. The molecule has 146 valence electrons. The minimum absolute atomic E-state index is 0.106. The Morgan fingerprint density at radius 3 is 2.96 bits per heavy atom. The summed E-state index contributed by atoms with van der Waals surface area (Å²) in [6.07, 6.45) is 0.792. The number of hydrogen-bond donors (Lipinski definition) is 1. The molecule has 1 N–H and O–H groups in total. The Kier molecular flexibility index (Phi) is 4.01. The van der Waals surface area contributed by atoms with Crippen molar-refractivity contribution in [1.29, 1.82) is 0 Å². The van der Waals surface area contributed by atoms with Crippen molar-refractivity contribution in [3.05, 3.63) is 47.5 Å². The van der Waals surface area contributed by atoms with E-state index in [9.17, 15) is 0 Å². The van der Waals surface area contributed by atoms with E-state index in [1.165, 1.54) is 0 Å². The lowest BCUT2D eigenvalue weighted by atomic mass is 9.90. The van der Waals surface area contributed by atoms with Gasteiger partial charge < -0.3 is 29.2 Å². The van der Waals surface area contributed by atoms with Gasteiger partial charge in [0.15, 0.2) is 33.8 Å². The van der Waals surface area contributed by atoms with Crippen LogP contribution in [0, 0.1) is 0 Å². The highest BCUT2D eigenvalue weighted by molar-refractivity contribution is 7.80. The number of para-hydroxylation sites is 1. The van der Waals surface area contributed by atoms with Crippen LogP contribution in [-0.2, 0) is 6.54 Å². The predicted octanol–water partition coefficient (Wildman–Crippen LogP) is 3.74. The molecular weight excluding hydrogens is 376 g/mol. The first-order chi connectivity index (χ1) is 13.6. The molecule has 0 aromatic heterocycles.